The third-order valence-corrected chi connectivity index (χ3v) is 3.95. The van der Waals surface area contributed by atoms with E-state index in [1.54, 1.807) is 17.8 Å². The van der Waals surface area contributed by atoms with Gasteiger partial charge >= 0.3 is 0 Å². The molecule has 0 spiro atoms. The lowest BCUT2D eigenvalue weighted by Crippen LogP contribution is -2.47. The monoisotopic (exact) mass is 316 g/mol. The van der Waals surface area contributed by atoms with Crippen molar-refractivity contribution in [3.8, 4) is 5.75 Å². The summed E-state index contributed by atoms with van der Waals surface area (Å²) in [6, 6.07) is 7.24. The Morgan fingerprint density at radius 3 is 2.70 bits per heavy atom. The van der Waals surface area contributed by atoms with E-state index >= 15 is 0 Å². The predicted molar refractivity (Wildman–Crippen MR) is 83.0 cm³/mol. The lowest BCUT2D eigenvalue weighted by atomic mass is 10.1. The van der Waals surface area contributed by atoms with Crippen LogP contribution in [0.1, 0.15) is 16.2 Å². The fourth-order valence-corrected chi connectivity index (χ4v) is 2.43. The van der Waals surface area contributed by atoms with Crippen LogP contribution in [0.4, 0.5) is 0 Å². The summed E-state index contributed by atoms with van der Waals surface area (Å²) < 4.78 is 7.24. The van der Waals surface area contributed by atoms with Crippen molar-refractivity contribution < 1.29 is 9.53 Å². The van der Waals surface area contributed by atoms with Crippen LogP contribution in [0.2, 0.25) is 0 Å². The van der Waals surface area contributed by atoms with Crippen LogP contribution in [0, 0.1) is 0 Å². The summed E-state index contributed by atoms with van der Waals surface area (Å²) in [7, 11) is 3.82. The highest BCUT2D eigenvalue weighted by Crippen LogP contribution is 2.17. The van der Waals surface area contributed by atoms with E-state index in [2.05, 4.69) is 27.5 Å². The minimum absolute atomic E-state index is 0.0453. The molecule has 1 saturated heterocycles. The number of hydrogen-bond donors (Lipinski definition) is 0. The second-order valence-corrected chi connectivity index (χ2v) is 5.63. The first-order valence-electron chi connectivity index (χ1n) is 7.55. The maximum absolute atomic E-state index is 12.6. The summed E-state index contributed by atoms with van der Waals surface area (Å²) in [5, 5.41) is 11.2. The fourth-order valence-electron chi connectivity index (χ4n) is 2.43. The van der Waals surface area contributed by atoms with E-state index in [4.69, 9.17) is 4.74 Å². The molecule has 1 aromatic carbocycles. The lowest BCUT2D eigenvalue weighted by molar-refractivity contribution is 0.0663. The first-order chi connectivity index (χ1) is 11.1. The number of benzene rings is 1. The molecular formula is C15H20N6O2. The van der Waals surface area contributed by atoms with Gasteiger partial charge < -0.3 is 14.5 Å². The van der Waals surface area contributed by atoms with Crippen molar-refractivity contribution in [2.24, 2.45) is 7.05 Å². The molecule has 0 atom stereocenters. The minimum atomic E-state index is 0.0453. The summed E-state index contributed by atoms with van der Waals surface area (Å²) in [6.45, 7) is 3.58. The van der Waals surface area contributed by atoms with Crippen molar-refractivity contribution in [3.63, 3.8) is 0 Å². The topological polar surface area (TPSA) is 76.4 Å². The number of aromatic nitrogens is 4. The number of carbonyl (C=O) groups excluding carboxylic acids is 1. The van der Waals surface area contributed by atoms with E-state index in [0.717, 1.165) is 26.2 Å². The Bertz CT molecular complexity index is 678. The number of piperazine rings is 1. The SMILES string of the molecule is CN1CCN(C(=O)c2cccc(OCc3nnnn3C)c2)CC1. The normalized spacial score (nSPS) is 15.7. The Kier molecular flexibility index (Phi) is 4.52. The maximum Gasteiger partial charge on any atom is 0.254 e. The van der Waals surface area contributed by atoms with Crippen LogP contribution < -0.4 is 4.74 Å². The van der Waals surface area contributed by atoms with E-state index in [-0.39, 0.29) is 12.5 Å². The van der Waals surface area contributed by atoms with Crippen molar-refractivity contribution in [2.75, 3.05) is 33.2 Å². The van der Waals surface area contributed by atoms with E-state index in [9.17, 15) is 4.79 Å². The highest BCUT2D eigenvalue weighted by Gasteiger charge is 2.20. The second kappa shape index (κ2) is 6.74. The average Bonchev–Trinajstić information content (AvgIpc) is 2.98. The summed E-state index contributed by atoms with van der Waals surface area (Å²) >= 11 is 0. The highest BCUT2D eigenvalue weighted by molar-refractivity contribution is 5.94. The molecule has 1 amide bonds. The molecular weight excluding hydrogens is 296 g/mol. The number of nitrogens with zero attached hydrogens (tertiary/aromatic N) is 6. The molecule has 0 bridgehead atoms. The van der Waals surface area contributed by atoms with Gasteiger partial charge in [-0.05, 0) is 35.7 Å². The van der Waals surface area contributed by atoms with Crippen molar-refractivity contribution in [2.45, 2.75) is 6.61 Å². The van der Waals surface area contributed by atoms with Crippen LogP contribution in [-0.2, 0) is 13.7 Å². The van der Waals surface area contributed by atoms with Gasteiger partial charge in [-0.15, -0.1) is 5.10 Å². The van der Waals surface area contributed by atoms with Crippen LogP contribution in [-0.4, -0.2) is 69.1 Å². The lowest BCUT2D eigenvalue weighted by Gasteiger charge is -2.32. The van der Waals surface area contributed by atoms with Crippen LogP contribution in [0.15, 0.2) is 24.3 Å². The van der Waals surface area contributed by atoms with Gasteiger partial charge in [-0.1, -0.05) is 6.07 Å². The third kappa shape index (κ3) is 3.65. The van der Waals surface area contributed by atoms with E-state index in [0.29, 0.717) is 17.1 Å². The van der Waals surface area contributed by atoms with Crippen LogP contribution in [0.3, 0.4) is 0 Å². The first kappa shape index (κ1) is 15.4. The van der Waals surface area contributed by atoms with Crippen LogP contribution in [0.5, 0.6) is 5.75 Å². The highest BCUT2D eigenvalue weighted by atomic mass is 16.5. The van der Waals surface area contributed by atoms with Gasteiger partial charge in [-0.25, -0.2) is 4.68 Å². The van der Waals surface area contributed by atoms with Gasteiger partial charge in [0.2, 0.25) is 0 Å². The standard InChI is InChI=1S/C15H20N6O2/c1-19-6-8-21(9-7-19)15(22)12-4-3-5-13(10-12)23-11-14-16-17-18-20(14)2/h3-5,10H,6-9,11H2,1-2H3. The number of hydrogen-bond acceptors (Lipinski definition) is 6. The average molecular weight is 316 g/mol. The zero-order valence-corrected chi connectivity index (χ0v) is 13.3. The summed E-state index contributed by atoms with van der Waals surface area (Å²) in [4.78, 5) is 16.7. The van der Waals surface area contributed by atoms with Crippen LogP contribution in [0.25, 0.3) is 0 Å². The molecule has 1 aliphatic rings. The number of tetrazole rings is 1. The molecule has 8 heteroatoms. The van der Waals surface area contributed by atoms with Crippen molar-refractivity contribution in [3.05, 3.63) is 35.7 Å². The molecule has 1 aromatic heterocycles. The Morgan fingerprint density at radius 2 is 2.00 bits per heavy atom. The molecule has 0 radical (unpaired) electrons. The minimum Gasteiger partial charge on any atom is -0.486 e. The molecule has 0 aliphatic carbocycles. The molecule has 122 valence electrons. The zero-order chi connectivity index (χ0) is 16.2. The van der Waals surface area contributed by atoms with Gasteiger partial charge in [0.1, 0.15) is 12.4 Å². The quantitative estimate of drug-likeness (QED) is 0.801. The fraction of sp³-hybridized carbons (Fsp3) is 0.467. The van der Waals surface area contributed by atoms with Gasteiger partial charge in [0, 0.05) is 38.8 Å². The molecule has 1 fully saturated rings. The molecule has 2 heterocycles. The van der Waals surface area contributed by atoms with E-state index in [1.807, 2.05) is 23.1 Å². The van der Waals surface area contributed by atoms with Gasteiger partial charge in [0.25, 0.3) is 5.91 Å². The van der Waals surface area contributed by atoms with Gasteiger partial charge in [-0.3, -0.25) is 4.79 Å². The van der Waals surface area contributed by atoms with Crippen molar-refractivity contribution in [1.29, 1.82) is 0 Å². The molecule has 23 heavy (non-hydrogen) atoms. The Labute approximate surface area is 134 Å². The zero-order valence-electron chi connectivity index (χ0n) is 13.3. The molecule has 2 aromatic rings. The predicted octanol–water partition coefficient (Wildman–Crippen LogP) is 0.177. The molecule has 1 aliphatic heterocycles. The number of amides is 1. The molecule has 0 N–H and O–H groups in total. The smallest absolute Gasteiger partial charge is 0.254 e. The van der Waals surface area contributed by atoms with Gasteiger partial charge in [-0.2, -0.15) is 0 Å². The van der Waals surface area contributed by atoms with Gasteiger partial charge in [0.05, 0.1) is 0 Å². The Balaban J connectivity index is 1.65. The molecule has 3 rings (SSSR count). The first-order valence-corrected chi connectivity index (χ1v) is 7.55. The van der Waals surface area contributed by atoms with Crippen molar-refractivity contribution >= 4 is 5.91 Å². The number of ether oxygens (including phenoxy) is 1. The number of rotatable bonds is 4. The largest absolute Gasteiger partial charge is 0.486 e. The van der Waals surface area contributed by atoms with E-state index in [1.165, 1.54) is 0 Å². The molecule has 0 unspecified atom stereocenters. The maximum atomic E-state index is 12.6. The number of carbonyl (C=O) groups is 1. The second-order valence-electron chi connectivity index (χ2n) is 5.63. The summed E-state index contributed by atoms with van der Waals surface area (Å²) in [5.41, 5.74) is 0.642. The van der Waals surface area contributed by atoms with E-state index < -0.39 is 0 Å². The summed E-state index contributed by atoms with van der Waals surface area (Å²) in [6.07, 6.45) is 0. The Morgan fingerprint density at radius 1 is 1.22 bits per heavy atom. The van der Waals surface area contributed by atoms with Crippen LogP contribution >= 0.6 is 0 Å². The third-order valence-electron chi connectivity index (χ3n) is 3.95. The molecule has 8 nitrogen and oxygen atoms in total. The number of aryl methyl sites for hydroxylation is 1. The summed E-state index contributed by atoms with van der Waals surface area (Å²) in [5.74, 6) is 1.30. The number of likely N-dealkylation sites (N-methyl/N-ethyl adjacent to an activating group) is 1. The van der Waals surface area contributed by atoms with Gasteiger partial charge in [0.15, 0.2) is 5.82 Å². The Hall–Kier alpha value is -2.48. The van der Waals surface area contributed by atoms with Crippen molar-refractivity contribution in [1.82, 2.24) is 30.0 Å². The molecule has 0 saturated carbocycles.